The lowest BCUT2D eigenvalue weighted by molar-refractivity contribution is -0.111. The van der Waals surface area contributed by atoms with Crippen molar-refractivity contribution in [3.8, 4) is 17.2 Å². The summed E-state index contributed by atoms with van der Waals surface area (Å²) in [5, 5.41) is 29.7. The van der Waals surface area contributed by atoms with Gasteiger partial charge < -0.3 is 30.5 Å². The highest BCUT2D eigenvalue weighted by atomic mass is 16.5. The van der Waals surface area contributed by atoms with Crippen molar-refractivity contribution >= 4 is 56.9 Å². The summed E-state index contributed by atoms with van der Waals surface area (Å²) in [6.45, 7) is 11.7. The van der Waals surface area contributed by atoms with Crippen LogP contribution in [0.2, 0.25) is 0 Å². The molecule has 50 heavy (non-hydrogen) atoms. The summed E-state index contributed by atoms with van der Waals surface area (Å²) in [6.07, 6.45) is 1.14. The molecule has 4 N–H and O–H groups in total. The topological polar surface area (TPSA) is 151 Å². The van der Waals surface area contributed by atoms with E-state index < -0.39 is 11.8 Å². The Morgan fingerprint density at radius 1 is 0.740 bits per heavy atom. The number of nitrogens with one attached hydrogen (secondary N) is 3. The largest absolute Gasteiger partial charge is 0.505 e. The number of carbonyl (C=O) groups excluding carboxylic acids is 3. The summed E-state index contributed by atoms with van der Waals surface area (Å²) in [5.74, 6) is -1.06. The molecular weight excluding hydrogens is 634 g/mol. The molecule has 0 saturated carbocycles. The molecule has 0 heterocycles. The van der Waals surface area contributed by atoms with Gasteiger partial charge in [-0.15, -0.1) is 10.2 Å². The van der Waals surface area contributed by atoms with Crippen molar-refractivity contribution in [1.29, 1.82) is 0 Å². The van der Waals surface area contributed by atoms with E-state index >= 15 is 0 Å². The quantitative estimate of drug-likeness (QED) is 0.0765. The molecule has 0 unspecified atom stereocenters. The van der Waals surface area contributed by atoms with Crippen molar-refractivity contribution in [2.24, 2.45) is 10.2 Å². The molecule has 5 rings (SSSR count). The van der Waals surface area contributed by atoms with Crippen LogP contribution in [-0.2, 0) is 4.79 Å². The Balaban J connectivity index is 0.00000276. The van der Waals surface area contributed by atoms with Gasteiger partial charge in [-0.05, 0) is 61.7 Å². The third-order valence-corrected chi connectivity index (χ3v) is 7.02. The van der Waals surface area contributed by atoms with E-state index in [-0.39, 0.29) is 28.6 Å². The molecule has 11 heteroatoms. The standard InChI is InChI=1S/C37H33N5O6.C2H6/c1-4-33(43)38-25-16-12-17-26(20-25)39-37(46)28-19-24-15-10-11-18-27(24)34(35(28)44)42-41-30-22-31(47-5-2)29(21-32(30)48-6-3)40-36(45)23-13-8-7-9-14-23;1-2/h4,7-22,44H,1,5-6H2,2-3H3,(H,38,43)(H,39,46)(H,40,45);1-2H3. The molecular formula is C39H39N5O6. The number of fused-ring (bicyclic) bond motifs is 1. The normalized spacial score (nSPS) is 10.5. The average Bonchev–Trinajstić information content (AvgIpc) is 3.13. The first kappa shape index (κ1) is 36.3. The lowest BCUT2D eigenvalue weighted by Gasteiger charge is -2.15. The summed E-state index contributed by atoms with van der Waals surface area (Å²) in [5.41, 5.74) is 2.00. The van der Waals surface area contributed by atoms with Gasteiger partial charge >= 0.3 is 0 Å². The van der Waals surface area contributed by atoms with E-state index in [1.807, 2.05) is 33.8 Å². The number of ether oxygens (including phenoxy) is 2. The van der Waals surface area contributed by atoms with Gasteiger partial charge in [-0.2, -0.15) is 0 Å². The van der Waals surface area contributed by atoms with E-state index in [0.717, 1.165) is 6.08 Å². The Bertz CT molecular complexity index is 2030. The number of amides is 3. The highest BCUT2D eigenvalue weighted by Gasteiger charge is 2.20. The lowest BCUT2D eigenvalue weighted by atomic mass is 10.0. The molecule has 0 atom stereocenters. The Morgan fingerprint density at radius 3 is 2.10 bits per heavy atom. The number of phenolic OH excluding ortho intramolecular Hbond substituents is 1. The van der Waals surface area contributed by atoms with E-state index in [9.17, 15) is 19.5 Å². The van der Waals surface area contributed by atoms with Crippen LogP contribution in [-0.4, -0.2) is 36.0 Å². The number of hydrogen-bond acceptors (Lipinski definition) is 8. The van der Waals surface area contributed by atoms with Gasteiger partial charge in [0.2, 0.25) is 5.91 Å². The first-order valence-corrected chi connectivity index (χ1v) is 16.1. The molecule has 0 aliphatic carbocycles. The molecule has 0 saturated heterocycles. The highest BCUT2D eigenvalue weighted by Crippen LogP contribution is 2.43. The Kier molecular flexibility index (Phi) is 12.8. The van der Waals surface area contributed by atoms with Gasteiger partial charge in [-0.25, -0.2) is 0 Å². The van der Waals surface area contributed by atoms with Crippen LogP contribution < -0.4 is 25.4 Å². The molecule has 0 spiro atoms. The van der Waals surface area contributed by atoms with Crippen molar-refractivity contribution in [2.75, 3.05) is 29.2 Å². The van der Waals surface area contributed by atoms with Crippen molar-refractivity contribution < 1.29 is 29.0 Å². The fraction of sp³-hybridized carbons (Fsp3) is 0.154. The van der Waals surface area contributed by atoms with Crippen LogP contribution >= 0.6 is 0 Å². The van der Waals surface area contributed by atoms with E-state index in [2.05, 4.69) is 32.8 Å². The number of azo groups is 1. The van der Waals surface area contributed by atoms with Crippen LogP contribution in [0, 0.1) is 0 Å². The Morgan fingerprint density at radius 2 is 1.40 bits per heavy atom. The predicted octanol–water partition coefficient (Wildman–Crippen LogP) is 9.41. The van der Waals surface area contributed by atoms with E-state index in [0.29, 0.717) is 58.1 Å². The number of anilines is 3. The maximum Gasteiger partial charge on any atom is 0.259 e. The SMILES string of the molecule is C=CC(=O)Nc1cccc(NC(=O)c2cc3ccccc3c(N=Nc3cc(OCC)c(NC(=O)c4ccccc4)cc3OCC)c2O)c1.CC. The molecule has 0 aliphatic heterocycles. The van der Waals surface area contributed by atoms with Crippen molar-refractivity contribution in [2.45, 2.75) is 27.7 Å². The number of benzene rings is 5. The monoisotopic (exact) mass is 673 g/mol. The first-order chi connectivity index (χ1) is 24.3. The number of nitrogens with zero attached hydrogens (tertiary/aromatic N) is 2. The minimum Gasteiger partial charge on any atom is -0.505 e. The fourth-order valence-corrected chi connectivity index (χ4v) is 4.82. The third kappa shape index (κ3) is 8.90. The fourth-order valence-electron chi connectivity index (χ4n) is 4.82. The summed E-state index contributed by atoms with van der Waals surface area (Å²) in [4.78, 5) is 38.1. The van der Waals surface area contributed by atoms with Gasteiger partial charge in [0.1, 0.15) is 22.9 Å². The van der Waals surface area contributed by atoms with Crippen LogP contribution in [0.3, 0.4) is 0 Å². The first-order valence-electron chi connectivity index (χ1n) is 16.1. The maximum absolute atomic E-state index is 13.5. The molecule has 0 fully saturated rings. The average molecular weight is 674 g/mol. The molecule has 5 aromatic carbocycles. The number of carbonyl (C=O) groups is 3. The smallest absolute Gasteiger partial charge is 0.259 e. The van der Waals surface area contributed by atoms with E-state index in [1.54, 1.807) is 91.0 Å². The second-order valence-corrected chi connectivity index (χ2v) is 10.3. The van der Waals surface area contributed by atoms with Gasteiger partial charge in [0.05, 0.1) is 24.5 Å². The van der Waals surface area contributed by atoms with Crippen LogP contribution in [0.25, 0.3) is 10.8 Å². The van der Waals surface area contributed by atoms with Gasteiger partial charge in [0, 0.05) is 34.5 Å². The Hall–Kier alpha value is -6.49. The lowest BCUT2D eigenvalue weighted by Crippen LogP contribution is -2.13. The van der Waals surface area contributed by atoms with Crippen molar-refractivity contribution in [3.63, 3.8) is 0 Å². The Labute approximate surface area is 290 Å². The molecule has 0 aromatic heterocycles. The number of phenols is 1. The van der Waals surface area contributed by atoms with E-state index in [4.69, 9.17) is 9.47 Å². The minimum atomic E-state index is -0.603. The maximum atomic E-state index is 13.5. The zero-order valence-corrected chi connectivity index (χ0v) is 28.3. The molecule has 5 aromatic rings. The predicted molar refractivity (Wildman–Crippen MR) is 198 cm³/mol. The van der Waals surface area contributed by atoms with Crippen LogP contribution in [0.5, 0.6) is 17.2 Å². The molecule has 11 nitrogen and oxygen atoms in total. The summed E-state index contributed by atoms with van der Waals surface area (Å²) < 4.78 is 11.7. The van der Waals surface area contributed by atoms with Gasteiger partial charge in [0.15, 0.2) is 5.75 Å². The summed E-state index contributed by atoms with van der Waals surface area (Å²) in [7, 11) is 0. The van der Waals surface area contributed by atoms with Crippen molar-refractivity contribution in [3.05, 3.63) is 121 Å². The molecule has 0 aliphatic rings. The second kappa shape index (κ2) is 17.6. The van der Waals surface area contributed by atoms with Gasteiger partial charge in [-0.3, -0.25) is 14.4 Å². The van der Waals surface area contributed by atoms with Gasteiger partial charge in [0.25, 0.3) is 11.8 Å². The van der Waals surface area contributed by atoms with Crippen LogP contribution in [0.1, 0.15) is 48.4 Å². The third-order valence-electron chi connectivity index (χ3n) is 7.02. The molecule has 0 bridgehead atoms. The zero-order chi connectivity index (χ0) is 36.0. The summed E-state index contributed by atoms with van der Waals surface area (Å²) >= 11 is 0. The van der Waals surface area contributed by atoms with Gasteiger partial charge in [-0.1, -0.05) is 69.0 Å². The number of rotatable bonds is 12. The molecule has 3 amide bonds. The molecule has 256 valence electrons. The van der Waals surface area contributed by atoms with Crippen molar-refractivity contribution in [1.82, 2.24) is 0 Å². The van der Waals surface area contributed by atoms with E-state index in [1.165, 1.54) is 0 Å². The minimum absolute atomic E-state index is 0.0396. The van der Waals surface area contributed by atoms with Crippen LogP contribution in [0.15, 0.2) is 120 Å². The van der Waals surface area contributed by atoms with Crippen LogP contribution in [0.4, 0.5) is 28.4 Å². The summed E-state index contributed by atoms with van der Waals surface area (Å²) in [6, 6.07) is 27.2. The number of hydrogen-bond donors (Lipinski definition) is 4. The molecule has 0 radical (unpaired) electrons. The second-order valence-electron chi connectivity index (χ2n) is 10.3. The zero-order valence-electron chi connectivity index (χ0n) is 28.3. The number of aromatic hydroxyl groups is 1. The highest BCUT2D eigenvalue weighted by molar-refractivity contribution is 6.12.